The Morgan fingerprint density at radius 1 is 1.47 bits per heavy atom. The average molecular weight is 282 g/mol. The van der Waals surface area contributed by atoms with Gasteiger partial charge in [-0.2, -0.15) is 0 Å². The van der Waals surface area contributed by atoms with Crippen LogP contribution in [-0.4, -0.2) is 34.1 Å². The first kappa shape index (κ1) is 14.4. The van der Waals surface area contributed by atoms with E-state index < -0.39 is 5.60 Å². The summed E-state index contributed by atoms with van der Waals surface area (Å²) in [6.07, 6.45) is 1.75. The van der Waals surface area contributed by atoms with Crippen LogP contribution in [0, 0.1) is 6.92 Å². The third-order valence-electron chi connectivity index (χ3n) is 3.75. The molecule has 1 saturated heterocycles. The van der Waals surface area contributed by atoms with E-state index in [-0.39, 0.29) is 11.9 Å². The van der Waals surface area contributed by atoms with Crippen LogP contribution in [0.2, 0.25) is 5.02 Å². The molecule has 0 spiro atoms. The zero-order chi connectivity index (χ0) is 14.2. The van der Waals surface area contributed by atoms with Crippen LogP contribution in [0.25, 0.3) is 0 Å². The van der Waals surface area contributed by atoms with Gasteiger partial charge in [0.2, 0.25) is 0 Å². The van der Waals surface area contributed by atoms with E-state index in [1.807, 2.05) is 19.1 Å². The topological polar surface area (TPSA) is 40.5 Å². The van der Waals surface area contributed by atoms with Crippen molar-refractivity contribution in [1.29, 1.82) is 0 Å². The fraction of sp³-hybridized carbons (Fsp3) is 0.533. The number of benzene rings is 1. The van der Waals surface area contributed by atoms with E-state index in [4.69, 9.17) is 11.6 Å². The first-order valence-electron chi connectivity index (χ1n) is 6.61. The van der Waals surface area contributed by atoms with Crippen LogP contribution in [-0.2, 0) is 0 Å². The lowest BCUT2D eigenvalue weighted by Gasteiger charge is -2.34. The predicted octanol–water partition coefficient (Wildman–Crippen LogP) is 3.02. The normalized spacial score (nSPS) is 19.8. The molecule has 1 amide bonds. The number of aryl methyl sites for hydroxylation is 1. The van der Waals surface area contributed by atoms with Crippen molar-refractivity contribution < 1.29 is 9.90 Å². The third kappa shape index (κ3) is 2.77. The number of carbonyl (C=O) groups is 1. The van der Waals surface area contributed by atoms with Gasteiger partial charge in [-0.05, 0) is 45.2 Å². The minimum atomic E-state index is -0.886. The third-order valence-corrected chi connectivity index (χ3v) is 4.25. The molecule has 19 heavy (non-hydrogen) atoms. The Labute approximate surface area is 119 Å². The lowest BCUT2D eigenvalue weighted by molar-refractivity contribution is 0.000339. The minimum absolute atomic E-state index is 0.0849. The molecule has 0 bridgehead atoms. The Morgan fingerprint density at radius 2 is 2.16 bits per heavy atom. The van der Waals surface area contributed by atoms with Gasteiger partial charge in [0.1, 0.15) is 0 Å². The van der Waals surface area contributed by atoms with Crippen LogP contribution in [0.15, 0.2) is 18.2 Å². The first-order valence-corrected chi connectivity index (χ1v) is 6.98. The summed E-state index contributed by atoms with van der Waals surface area (Å²) in [5.41, 5.74) is 0.534. The minimum Gasteiger partial charge on any atom is -0.388 e. The molecule has 1 unspecified atom stereocenters. The molecule has 0 aliphatic carbocycles. The van der Waals surface area contributed by atoms with Crippen LogP contribution in [0.3, 0.4) is 0 Å². The van der Waals surface area contributed by atoms with Crippen LogP contribution in [0.5, 0.6) is 0 Å². The Balaban J connectivity index is 2.31. The first-order chi connectivity index (χ1) is 8.82. The molecular weight excluding hydrogens is 262 g/mol. The van der Waals surface area contributed by atoms with E-state index in [1.165, 1.54) is 0 Å². The van der Waals surface area contributed by atoms with Crippen molar-refractivity contribution in [2.24, 2.45) is 0 Å². The number of nitrogens with zero attached hydrogens (tertiary/aromatic N) is 1. The van der Waals surface area contributed by atoms with E-state index in [0.29, 0.717) is 17.1 Å². The molecule has 1 atom stereocenters. The van der Waals surface area contributed by atoms with Crippen molar-refractivity contribution in [3.8, 4) is 0 Å². The molecule has 1 N–H and O–H groups in total. The standard InChI is InChI=1S/C15H20ClNO2/c1-10-6-4-7-11(13(10)16)14(18)17-9-5-8-12(17)15(2,3)19/h4,6-7,12,19H,5,8-9H2,1-3H3. The van der Waals surface area contributed by atoms with E-state index >= 15 is 0 Å². The van der Waals surface area contributed by atoms with Gasteiger partial charge in [0, 0.05) is 6.54 Å². The van der Waals surface area contributed by atoms with E-state index in [2.05, 4.69) is 0 Å². The van der Waals surface area contributed by atoms with Crippen LogP contribution < -0.4 is 0 Å². The van der Waals surface area contributed by atoms with Crippen LogP contribution in [0.1, 0.15) is 42.6 Å². The molecule has 104 valence electrons. The average Bonchev–Trinajstić information content (AvgIpc) is 2.80. The monoisotopic (exact) mass is 281 g/mol. The lowest BCUT2D eigenvalue weighted by Crippen LogP contribution is -2.48. The summed E-state index contributed by atoms with van der Waals surface area (Å²) in [5, 5.41) is 10.7. The summed E-state index contributed by atoms with van der Waals surface area (Å²) in [6, 6.07) is 5.33. The maximum Gasteiger partial charge on any atom is 0.255 e. The molecule has 1 heterocycles. The highest BCUT2D eigenvalue weighted by atomic mass is 35.5. The Hall–Kier alpha value is -1.06. The lowest BCUT2D eigenvalue weighted by atomic mass is 9.96. The van der Waals surface area contributed by atoms with Crippen molar-refractivity contribution in [3.05, 3.63) is 34.3 Å². The van der Waals surface area contributed by atoms with Crippen molar-refractivity contribution >= 4 is 17.5 Å². The van der Waals surface area contributed by atoms with E-state index in [9.17, 15) is 9.90 Å². The molecule has 0 saturated carbocycles. The quantitative estimate of drug-likeness (QED) is 0.905. The summed E-state index contributed by atoms with van der Waals surface area (Å²) < 4.78 is 0. The molecule has 2 rings (SSSR count). The van der Waals surface area contributed by atoms with Gasteiger partial charge in [0.05, 0.1) is 22.2 Å². The highest BCUT2D eigenvalue weighted by Crippen LogP contribution is 2.30. The van der Waals surface area contributed by atoms with Gasteiger partial charge in [0.25, 0.3) is 5.91 Å². The number of aliphatic hydroxyl groups is 1. The Bertz CT molecular complexity index is 493. The number of halogens is 1. The maximum atomic E-state index is 12.6. The van der Waals surface area contributed by atoms with Gasteiger partial charge >= 0.3 is 0 Å². The zero-order valence-corrected chi connectivity index (χ0v) is 12.4. The summed E-state index contributed by atoms with van der Waals surface area (Å²) in [7, 11) is 0. The zero-order valence-electron chi connectivity index (χ0n) is 11.6. The Kier molecular flexibility index (Phi) is 3.88. The fourth-order valence-corrected chi connectivity index (χ4v) is 2.92. The number of hydrogen-bond acceptors (Lipinski definition) is 2. The second kappa shape index (κ2) is 5.14. The molecule has 0 aromatic heterocycles. The van der Waals surface area contributed by atoms with E-state index in [1.54, 1.807) is 24.8 Å². The van der Waals surface area contributed by atoms with Crippen LogP contribution in [0.4, 0.5) is 0 Å². The van der Waals surface area contributed by atoms with Crippen molar-refractivity contribution in [3.63, 3.8) is 0 Å². The maximum absolute atomic E-state index is 12.6. The second-order valence-electron chi connectivity index (χ2n) is 5.75. The van der Waals surface area contributed by atoms with Gasteiger partial charge in [-0.15, -0.1) is 0 Å². The van der Waals surface area contributed by atoms with Crippen molar-refractivity contribution in [2.75, 3.05) is 6.54 Å². The molecule has 1 aliphatic heterocycles. The van der Waals surface area contributed by atoms with Gasteiger partial charge in [-0.3, -0.25) is 4.79 Å². The smallest absolute Gasteiger partial charge is 0.255 e. The van der Waals surface area contributed by atoms with Gasteiger partial charge in [0.15, 0.2) is 0 Å². The van der Waals surface area contributed by atoms with Crippen molar-refractivity contribution in [1.82, 2.24) is 4.90 Å². The summed E-state index contributed by atoms with van der Waals surface area (Å²) in [4.78, 5) is 14.4. The molecule has 4 heteroatoms. The highest BCUT2D eigenvalue weighted by molar-refractivity contribution is 6.34. The summed E-state index contributed by atoms with van der Waals surface area (Å²) in [6.45, 7) is 6.07. The largest absolute Gasteiger partial charge is 0.388 e. The highest BCUT2D eigenvalue weighted by Gasteiger charge is 2.39. The number of likely N-dealkylation sites (tertiary alicyclic amines) is 1. The van der Waals surface area contributed by atoms with Gasteiger partial charge < -0.3 is 10.0 Å². The van der Waals surface area contributed by atoms with Gasteiger partial charge in [-0.1, -0.05) is 23.7 Å². The molecular formula is C15H20ClNO2. The number of amides is 1. The molecule has 1 aromatic carbocycles. The molecule has 0 radical (unpaired) electrons. The van der Waals surface area contributed by atoms with Crippen molar-refractivity contribution in [2.45, 2.75) is 45.3 Å². The summed E-state index contributed by atoms with van der Waals surface area (Å²) in [5.74, 6) is -0.0849. The fourth-order valence-electron chi connectivity index (χ4n) is 2.71. The number of hydrogen-bond donors (Lipinski definition) is 1. The van der Waals surface area contributed by atoms with Gasteiger partial charge in [-0.25, -0.2) is 0 Å². The van der Waals surface area contributed by atoms with E-state index in [0.717, 1.165) is 18.4 Å². The second-order valence-corrected chi connectivity index (χ2v) is 6.12. The molecule has 1 aliphatic rings. The van der Waals surface area contributed by atoms with Crippen LogP contribution >= 0.6 is 11.6 Å². The molecule has 1 fully saturated rings. The SMILES string of the molecule is Cc1cccc(C(=O)N2CCCC2C(C)(C)O)c1Cl. The molecule has 1 aromatic rings. The molecule has 3 nitrogen and oxygen atoms in total. The summed E-state index contributed by atoms with van der Waals surface area (Å²) >= 11 is 6.22. The Morgan fingerprint density at radius 3 is 2.79 bits per heavy atom. The number of carbonyl (C=O) groups excluding carboxylic acids is 1. The predicted molar refractivity (Wildman–Crippen MR) is 76.5 cm³/mol. The number of rotatable bonds is 2.